The minimum Gasteiger partial charge on any atom is -0.308 e. The Bertz CT molecular complexity index is 229. The second-order valence-electron chi connectivity index (χ2n) is 3.44. The van der Waals surface area contributed by atoms with Gasteiger partial charge in [0.25, 0.3) is 0 Å². The summed E-state index contributed by atoms with van der Waals surface area (Å²) in [5.41, 5.74) is 0. The summed E-state index contributed by atoms with van der Waals surface area (Å²) in [7, 11) is 0. The fourth-order valence-electron chi connectivity index (χ4n) is 1.20. The maximum atomic E-state index is 4.27. The summed E-state index contributed by atoms with van der Waals surface area (Å²) in [6.45, 7) is 3.35. The molecule has 1 aromatic rings. The van der Waals surface area contributed by atoms with Crippen LogP contribution in [0.15, 0.2) is 11.6 Å². The quantitative estimate of drug-likeness (QED) is 0.772. The number of hydrogen-bond acceptors (Lipinski definition) is 3. The van der Waals surface area contributed by atoms with Crippen LogP contribution in [0.2, 0.25) is 0 Å². The first-order valence-corrected chi connectivity index (χ1v) is 5.37. The number of aromatic nitrogens is 1. The highest BCUT2D eigenvalue weighted by molar-refractivity contribution is 7.09. The van der Waals surface area contributed by atoms with Crippen LogP contribution in [-0.4, -0.2) is 11.5 Å². The zero-order valence-corrected chi connectivity index (χ0v) is 8.10. The Hall–Kier alpha value is -0.410. The maximum absolute atomic E-state index is 4.27. The van der Waals surface area contributed by atoms with Crippen LogP contribution in [0.4, 0.5) is 0 Å². The molecule has 0 bridgehead atoms. The zero-order chi connectivity index (χ0) is 8.39. The van der Waals surface area contributed by atoms with Crippen molar-refractivity contribution in [3.05, 3.63) is 16.6 Å². The van der Waals surface area contributed by atoms with Gasteiger partial charge in [0.1, 0.15) is 5.01 Å². The van der Waals surface area contributed by atoms with Gasteiger partial charge in [-0.3, -0.25) is 0 Å². The Morgan fingerprint density at radius 3 is 3.17 bits per heavy atom. The molecule has 1 heterocycles. The van der Waals surface area contributed by atoms with Crippen LogP contribution in [-0.2, 0) is 0 Å². The highest BCUT2D eigenvalue weighted by Crippen LogP contribution is 2.28. The molecule has 1 aliphatic rings. The Kier molecular flexibility index (Phi) is 2.42. The van der Waals surface area contributed by atoms with Gasteiger partial charge in [-0.15, -0.1) is 11.3 Å². The van der Waals surface area contributed by atoms with E-state index in [1.54, 1.807) is 11.3 Å². The third-order valence-corrected chi connectivity index (χ3v) is 3.19. The van der Waals surface area contributed by atoms with Crippen LogP contribution < -0.4 is 5.32 Å². The van der Waals surface area contributed by atoms with E-state index in [4.69, 9.17) is 0 Å². The van der Waals surface area contributed by atoms with E-state index >= 15 is 0 Å². The predicted molar refractivity (Wildman–Crippen MR) is 51.3 cm³/mol. The van der Waals surface area contributed by atoms with Crippen LogP contribution >= 0.6 is 11.3 Å². The summed E-state index contributed by atoms with van der Waals surface area (Å²) >= 11 is 1.73. The van der Waals surface area contributed by atoms with Crippen LogP contribution in [0.3, 0.4) is 0 Å². The van der Waals surface area contributed by atoms with Crippen LogP contribution in [0.5, 0.6) is 0 Å². The van der Waals surface area contributed by atoms with Crippen molar-refractivity contribution >= 4 is 11.3 Å². The largest absolute Gasteiger partial charge is 0.308 e. The van der Waals surface area contributed by atoms with Crippen molar-refractivity contribution in [3.63, 3.8) is 0 Å². The summed E-state index contributed by atoms with van der Waals surface area (Å²) < 4.78 is 0. The van der Waals surface area contributed by atoms with Crippen LogP contribution in [0.1, 0.15) is 30.8 Å². The third-order valence-electron chi connectivity index (χ3n) is 2.23. The fraction of sp³-hybridized carbons (Fsp3) is 0.667. The van der Waals surface area contributed by atoms with E-state index in [-0.39, 0.29) is 0 Å². The molecule has 0 spiro atoms. The lowest BCUT2D eigenvalue weighted by molar-refractivity contribution is 0.546. The lowest BCUT2D eigenvalue weighted by Gasteiger charge is -2.09. The van der Waals surface area contributed by atoms with Crippen molar-refractivity contribution in [1.82, 2.24) is 10.3 Å². The van der Waals surface area contributed by atoms with Gasteiger partial charge < -0.3 is 5.32 Å². The molecule has 0 amide bonds. The minimum absolute atomic E-state index is 0.436. The molecule has 2 nitrogen and oxygen atoms in total. The van der Waals surface area contributed by atoms with E-state index in [0.29, 0.717) is 6.04 Å². The average Bonchev–Trinajstić information content (AvgIpc) is 2.74. The van der Waals surface area contributed by atoms with Crippen molar-refractivity contribution < 1.29 is 0 Å². The van der Waals surface area contributed by atoms with Gasteiger partial charge in [0, 0.05) is 11.6 Å². The molecule has 66 valence electrons. The van der Waals surface area contributed by atoms with Crippen molar-refractivity contribution in [2.75, 3.05) is 6.54 Å². The van der Waals surface area contributed by atoms with E-state index < -0.39 is 0 Å². The third kappa shape index (κ3) is 2.05. The van der Waals surface area contributed by atoms with Crippen LogP contribution in [0, 0.1) is 5.92 Å². The Morgan fingerprint density at radius 1 is 1.75 bits per heavy atom. The summed E-state index contributed by atoms with van der Waals surface area (Å²) in [6, 6.07) is 0.436. The normalized spacial score (nSPS) is 19.4. The monoisotopic (exact) mass is 182 g/mol. The zero-order valence-electron chi connectivity index (χ0n) is 7.29. The smallest absolute Gasteiger partial charge is 0.109 e. The lowest BCUT2D eigenvalue weighted by atomic mass is 10.3. The van der Waals surface area contributed by atoms with Gasteiger partial charge in [0.15, 0.2) is 0 Å². The van der Waals surface area contributed by atoms with Crippen molar-refractivity contribution in [1.29, 1.82) is 0 Å². The summed E-state index contributed by atoms with van der Waals surface area (Å²) in [4.78, 5) is 4.27. The molecule has 1 saturated carbocycles. The Balaban J connectivity index is 1.79. The second kappa shape index (κ2) is 3.54. The van der Waals surface area contributed by atoms with Gasteiger partial charge in [-0.1, -0.05) is 0 Å². The van der Waals surface area contributed by atoms with E-state index in [0.717, 1.165) is 5.92 Å². The molecule has 3 heteroatoms. The summed E-state index contributed by atoms with van der Waals surface area (Å²) in [5, 5.41) is 6.73. The molecule has 0 saturated heterocycles. The average molecular weight is 182 g/mol. The molecule has 1 N–H and O–H groups in total. The summed E-state index contributed by atoms with van der Waals surface area (Å²) in [6.07, 6.45) is 4.70. The van der Waals surface area contributed by atoms with Crippen LogP contribution in [0.25, 0.3) is 0 Å². The molecule has 1 unspecified atom stereocenters. The molecule has 0 aliphatic heterocycles. The van der Waals surface area contributed by atoms with Crippen molar-refractivity contribution in [2.24, 2.45) is 5.92 Å². The van der Waals surface area contributed by atoms with E-state index in [1.807, 2.05) is 11.6 Å². The summed E-state index contributed by atoms with van der Waals surface area (Å²) in [5.74, 6) is 0.951. The molecule has 1 aliphatic carbocycles. The SMILES string of the molecule is CC(NCC1CC1)c1nccs1. The first-order chi connectivity index (χ1) is 5.86. The number of rotatable bonds is 4. The highest BCUT2D eigenvalue weighted by atomic mass is 32.1. The second-order valence-corrected chi connectivity index (χ2v) is 4.37. The fourth-order valence-corrected chi connectivity index (χ4v) is 1.87. The molecule has 1 aromatic heterocycles. The maximum Gasteiger partial charge on any atom is 0.109 e. The molecule has 0 radical (unpaired) electrons. The molecule has 1 fully saturated rings. The van der Waals surface area contributed by atoms with Gasteiger partial charge >= 0.3 is 0 Å². The number of nitrogens with one attached hydrogen (secondary N) is 1. The number of hydrogen-bond donors (Lipinski definition) is 1. The topological polar surface area (TPSA) is 24.9 Å². The van der Waals surface area contributed by atoms with Crippen molar-refractivity contribution in [2.45, 2.75) is 25.8 Å². The van der Waals surface area contributed by atoms with E-state index in [1.165, 1.54) is 24.4 Å². The van der Waals surface area contributed by atoms with E-state index in [9.17, 15) is 0 Å². The molecule has 1 atom stereocenters. The minimum atomic E-state index is 0.436. The van der Waals surface area contributed by atoms with Gasteiger partial charge in [0.05, 0.1) is 6.04 Å². The van der Waals surface area contributed by atoms with Gasteiger partial charge in [0.2, 0.25) is 0 Å². The first-order valence-electron chi connectivity index (χ1n) is 4.49. The number of nitrogens with zero attached hydrogens (tertiary/aromatic N) is 1. The Labute approximate surface area is 77.0 Å². The molecular weight excluding hydrogens is 168 g/mol. The van der Waals surface area contributed by atoms with Gasteiger partial charge in [-0.25, -0.2) is 4.98 Å². The molecule has 2 rings (SSSR count). The standard InChI is InChI=1S/C9H14N2S/c1-7(9-10-4-5-12-9)11-6-8-2-3-8/h4-5,7-8,11H,2-3,6H2,1H3. The van der Waals surface area contributed by atoms with Gasteiger partial charge in [-0.2, -0.15) is 0 Å². The predicted octanol–water partition coefficient (Wildman–Crippen LogP) is 2.20. The lowest BCUT2D eigenvalue weighted by Crippen LogP contribution is -2.20. The Morgan fingerprint density at radius 2 is 2.58 bits per heavy atom. The van der Waals surface area contributed by atoms with E-state index in [2.05, 4.69) is 17.2 Å². The number of thiazole rings is 1. The first kappa shape index (κ1) is 8.20. The molecule has 12 heavy (non-hydrogen) atoms. The molecule has 0 aromatic carbocycles. The van der Waals surface area contributed by atoms with Crippen molar-refractivity contribution in [3.8, 4) is 0 Å². The highest BCUT2D eigenvalue weighted by Gasteiger charge is 2.21. The molecular formula is C9H14N2S. The van der Waals surface area contributed by atoms with Gasteiger partial charge in [-0.05, 0) is 32.2 Å².